The third-order valence-electron chi connectivity index (χ3n) is 4.45. The molecule has 1 aliphatic rings. The highest BCUT2D eigenvalue weighted by Gasteiger charge is 2.28. The van der Waals surface area contributed by atoms with Gasteiger partial charge in [-0.3, -0.25) is 4.79 Å². The first-order valence-electron chi connectivity index (χ1n) is 8.16. The quantitative estimate of drug-likeness (QED) is 0.800. The van der Waals surface area contributed by atoms with E-state index < -0.39 is 21.7 Å². The van der Waals surface area contributed by atoms with Crippen molar-refractivity contribution < 1.29 is 17.6 Å². The molecular formula is C18H17Cl2FN2O3S. The molecule has 9 heteroatoms. The van der Waals surface area contributed by atoms with Crippen molar-refractivity contribution in [3.05, 3.63) is 63.4 Å². The molecule has 144 valence electrons. The zero-order valence-corrected chi connectivity index (χ0v) is 16.7. The van der Waals surface area contributed by atoms with E-state index in [0.717, 1.165) is 11.9 Å². The van der Waals surface area contributed by atoms with Gasteiger partial charge in [-0.1, -0.05) is 35.3 Å². The van der Waals surface area contributed by atoms with Crippen LogP contribution < -0.4 is 9.62 Å². The molecule has 0 radical (unpaired) electrons. The van der Waals surface area contributed by atoms with Gasteiger partial charge in [-0.25, -0.2) is 17.5 Å². The molecule has 1 aliphatic heterocycles. The van der Waals surface area contributed by atoms with Crippen LogP contribution in [0.5, 0.6) is 0 Å². The predicted octanol–water partition coefficient (Wildman–Crippen LogP) is 3.82. The van der Waals surface area contributed by atoms with Gasteiger partial charge in [0.1, 0.15) is 5.82 Å². The summed E-state index contributed by atoms with van der Waals surface area (Å²) in [6, 6.07) is 9.77. The smallest absolute Gasteiger partial charge is 0.267 e. The van der Waals surface area contributed by atoms with Crippen molar-refractivity contribution >= 4 is 44.8 Å². The lowest BCUT2D eigenvalue weighted by Crippen LogP contribution is -2.30. The minimum absolute atomic E-state index is 0.134. The number of carbonyl (C=O) groups excluding carboxylic acids is 1. The van der Waals surface area contributed by atoms with E-state index in [1.54, 1.807) is 29.0 Å². The molecule has 1 amide bonds. The maximum Gasteiger partial charge on any atom is 0.267 e. The number of anilines is 1. The number of hydrogen-bond acceptors (Lipinski definition) is 4. The second-order valence-electron chi connectivity index (χ2n) is 6.44. The minimum atomic E-state index is -3.77. The molecule has 1 heterocycles. The summed E-state index contributed by atoms with van der Waals surface area (Å²) in [5.74, 6) is -1.80. The molecule has 0 saturated carbocycles. The zero-order chi connectivity index (χ0) is 19.8. The lowest BCUT2D eigenvalue weighted by molar-refractivity contribution is 0.0977. The summed E-state index contributed by atoms with van der Waals surface area (Å²) in [5.41, 5.74) is 0.989. The van der Waals surface area contributed by atoms with Gasteiger partial charge in [0.25, 0.3) is 5.91 Å². The number of amides is 1. The molecule has 3 rings (SSSR count). The van der Waals surface area contributed by atoms with Crippen molar-refractivity contribution in [2.75, 3.05) is 24.2 Å². The van der Waals surface area contributed by atoms with Crippen LogP contribution in [0.25, 0.3) is 0 Å². The maximum atomic E-state index is 14.9. The molecule has 1 unspecified atom stereocenters. The zero-order valence-electron chi connectivity index (χ0n) is 14.4. The first-order valence-corrected chi connectivity index (χ1v) is 10.8. The molecule has 0 spiro atoms. The van der Waals surface area contributed by atoms with Crippen LogP contribution in [0.2, 0.25) is 10.0 Å². The van der Waals surface area contributed by atoms with Crippen LogP contribution >= 0.6 is 23.2 Å². The number of carbonyl (C=O) groups is 1. The highest BCUT2D eigenvalue weighted by molar-refractivity contribution is 7.89. The van der Waals surface area contributed by atoms with Crippen molar-refractivity contribution in [3.8, 4) is 0 Å². The fraction of sp³-hybridized carbons (Fsp3) is 0.278. The highest BCUT2D eigenvalue weighted by Crippen LogP contribution is 2.35. The average Bonchev–Trinajstić information content (AvgIpc) is 3.05. The van der Waals surface area contributed by atoms with Crippen molar-refractivity contribution in [3.63, 3.8) is 0 Å². The number of rotatable bonds is 4. The van der Waals surface area contributed by atoms with Crippen molar-refractivity contribution in [1.29, 1.82) is 0 Å². The topological polar surface area (TPSA) is 66.5 Å². The van der Waals surface area contributed by atoms with Crippen LogP contribution in [0.1, 0.15) is 28.3 Å². The molecule has 2 aromatic rings. The third-order valence-corrected chi connectivity index (χ3v) is 5.74. The van der Waals surface area contributed by atoms with Crippen LogP contribution in [-0.2, 0) is 10.0 Å². The molecule has 27 heavy (non-hydrogen) atoms. The minimum Gasteiger partial charge on any atom is -0.371 e. The van der Waals surface area contributed by atoms with Gasteiger partial charge < -0.3 is 4.90 Å². The summed E-state index contributed by atoms with van der Waals surface area (Å²) >= 11 is 12.0. The maximum absolute atomic E-state index is 14.9. The van der Waals surface area contributed by atoms with Crippen LogP contribution in [0.4, 0.5) is 10.1 Å². The van der Waals surface area contributed by atoms with E-state index in [-0.39, 0.29) is 11.5 Å². The van der Waals surface area contributed by atoms with E-state index in [1.165, 1.54) is 6.07 Å². The summed E-state index contributed by atoms with van der Waals surface area (Å²) in [6.45, 7) is 1.24. The van der Waals surface area contributed by atoms with Crippen molar-refractivity contribution in [1.82, 2.24) is 4.72 Å². The standard InChI is InChI=1S/C18H17Cl2FN2O3S/c1-27(25,26)22-18(24)14-4-2-3-13(17(14)21)11-7-8-23(10-11)12-5-6-15(19)16(20)9-12/h2-6,9,11H,7-8,10H2,1H3,(H,22,24). The molecule has 1 fully saturated rings. The van der Waals surface area contributed by atoms with Crippen LogP contribution in [-0.4, -0.2) is 33.7 Å². The van der Waals surface area contributed by atoms with Crippen LogP contribution in [0, 0.1) is 5.82 Å². The monoisotopic (exact) mass is 430 g/mol. The van der Waals surface area contributed by atoms with Crippen LogP contribution in [0.15, 0.2) is 36.4 Å². The molecular weight excluding hydrogens is 414 g/mol. The number of benzene rings is 2. The molecule has 1 saturated heterocycles. The lowest BCUT2D eigenvalue weighted by Gasteiger charge is -2.20. The first-order chi connectivity index (χ1) is 12.7. The number of hydrogen-bond donors (Lipinski definition) is 1. The number of sulfonamides is 1. The van der Waals surface area contributed by atoms with E-state index in [9.17, 15) is 17.6 Å². The summed E-state index contributed by atoms with van der Waals surface area (Å²) in [7, 11) is -3.77. The Labute approximate surface area is 167 Å². The Morgan fingerprint density at radius 2 is 1.96 bits per heavy atom. The second-order valence-corrected chi connectivity index (χ2v) is 9.01. The van der Waals surface area contributed by atoms with Gasteiger partial charge in [-0.05, 0) is 36.2 Å². The first kappa shape index (κ1) is 19.9. The summed E-state index contributed by atoms with van der Waals surface area (Å²) in [6.07, 6.45) is 1.53. The largest absolute Gasteiger partial charge is 0.371 e. The molecule has 1 N–H and O–H groups in total. The molecule has 2 aromatic carbocycles. The highest BCUT2D eigenvalue weighted by atomic mass is 35.5. The van der Waals surface area contributed by atoms with Gasteiger partial charge in [0.15, 0.2) is 0 Å². The van der Waals surface area contributed by atoms with Crippen molar-refractivity contribution in [2.45, 2.75) is 12.3 Å². The number of nitrogens with zero attached hydrogens (tertiary/aromatic N) is 1. The number of halogens is 3. The van der Waals surface area contributed by atoms with Gasteiger partial charge >= 0.3 is 0 Å². The van der Waals surface area contributed by atoms with E-state index in [1.807, 2.05) is 6.07 Å². The predicted molar refractivity (Wildman–Crippen MR) is 105 cm³/mol. The third kappa shape index (κ3) is 4.54. The Kier molecular flexibility index (Phi) is 5.65. The Morgan fingerprint density at radius 1 is 1.22 bits per heavy atom. The van der Waals surface area contributed by atoms with E-state index in [0.29, 0.717) is 35.1 Å². The van der Waals surface area contributed by atoms with Crippen LogP contribution in [0.3, 0.4) is 0 Å². The fourth-order valence-electron chi connectivity index (χ4n) is 3.19. The molecule has 0 aromatic heterocycles. The van der Waals surface area contributed by atoms with Gasteiger partial charge in [0, 0.05) is 24.7 Å². The lowest BCUT2D eigenvalue weighted by atomic mass is 9.95. The van der Waals surface area contributed by atoms with E-state index >= 15 is 0 Å². The molecule has 0 bridgehead atoms. The normalized spacial score (nSPS) is 17.2. The average molecular weight is 431 g/mol. The molecule has 1 atom stereocenters. The van der Waals surface area contributed by atoms with Gasteiger partial charge in [0.05, 0.1) is 21.9 Å². The summed E-state index contributed by atoms with van der Waals surface area (Å²) in [4.78, 5) is 14.1. The molecule has 5 nitrogen and oxygen atoms in total. The second kappa shape index (κ2) is 7.66. The fourth-order valence-corrected chi connectivity index (χ4v) is 3.93. The Hall–Kier alpha value is -1.83. The van der Waals surface area contributed by atoms with Gasteiger partial charge in [0.2, 0.25) is 10.0 Å². The Bertz CT molecular complexity index is 998. The van der Waals surface area contributed by atoms with E-state index in [2.05, 4.69) is 4.90 Å². The van der Waals surface area contributed by atoms with Crippen molar-refractivity contribution in [2.24, 2.45) is 0 Å². The Balaban J connectivity index is 1.82. The Morgan fingerprint density at radius 3 is 2.63 bits per heavy atom. The number of nitrogens with one attached hydrogen (secondary N) is 1. The van der Waals surface area contributed by atoms with E-state index in [4.69, 9.17) is 23.2 Å². The molecule has 0 aliphatic carbocycles. The van der Waals surface area contributed by atoms with Gasteiger partial charge in [-0.2, -0.15) is 0 Å². The summed E-state index contributed by atoms with van der Waals surface area (Å²) < 4.78 is 39.2. The summed E-state index contributed by atoms with van der Waals surface area (Å²) in [5, 5.41) is 0.912. The SMILES string of the molecule is CS(=O)(=O)NC(=O)c1cccc(C2CCN(c3ccc(Cl)c(Cl)c3)C2)c1F. The van der Waals surface area contributed by atoms with Gasteiger partial charge in [-0.15, -0.1) is 0 Å².